The molecule has 4 heteroatoms. The summed E-state index contributed by atoms with van der Waals surface area (Å²) in [5, 5.41) is 3.02. The molecule has 2 unspecified atom stereocenters. The van der Waals surface area contributed by atoms with Gasteiger partial charge in [0.15, 0.2) is 0 Å². The fourth-order valence-corrected chi connectivity index (χ4v) is 3.12. The van der Waals surface area contributed by atoms with Crippen molar-refractivity contribution >= 4 is 23.4 Å². The lowest BCUT2D eigenvalue weighted by Gasteiger charge is -2.25. The Morgan fingerprint density at radius 3 is 2.75 bits per heavy atom. The van der Waals surface area contributed by atoms with E-state index in [1.165, 1.54) is 5.56 Å². The van der Waals surface area contributed by atoms with Gasteiger partial charge < -0.3 is 11.1 Å². The van der Waals surface area contributed by atoms with Crippen molar-refractivity contribution in [2.75, 3.05) is 17.3 Å². The van der Waals surface area contributed by atoms with E-state index < -0.39 is 0 Å². The summed E-state index contributed by atoms with van der Waals surface area (Å²) in [4.78, 5) is 12.2. The molecule has 0 saturated heterocycles. The van der Waals surface area contributed by atoms with Crippen molar-refractivity contribution in [3.8, 4) is 0 Å². The van der Waals surface area contributed by atoms with Gasteiger partial charge >= 0.3 is 0 Å². The maximum atomic E-state index is 12.2. The zero-order chi connectivity index (χ0) is 14.4. The van der Waals surface area contributed by atoms with Gasteiger partial charge in [-0.25, -0.2) is 0 Å². The highest BCUT2D eigenvalue weighted by Gasteiger charge is 2.25. The van der Waals surface area contributed by atoms with Crippen LogP contribution in [0.5, 0.6) is 0 Å². The maximum absolute atomic E-state index is 12.2. The summed E-state index contributed by atoms with van der Waals surface area (Å²) in [6.07, 6.45) is 7.08. The lowest BCUT2D eigenvalue weighted by molar-refractivity contribution is -0.120. The number of amides is 1. The lowest BCUT2D eigenvalue weighted by Crippen LogP contribution is -2.34. The first kappa shape index (κ1) is 15.4. The number of benzene rings is 1. The Kier molecular flexibility index (Phi) is 5.92. The fraction of sp³-hybridized carbons (Fsp3) is 0.562. The number of aryl methyl sites for hydroxylation is 1. The van der Waals surface area contributed by atoms with Crippen LogP contribution in [-0.4, -0.2) is 24.0 Å². The summed E-state index contributed by atoms with van der Waals surface area (Å²) in [6, 6.07) is 8.37. The van der Waals surface area contributed by atoms with Crippen LogP contribution in [0.2, 0.25) is 0 Å². The van der Waals surface area contributed by atoms with Crippen LogP contribution in [0.3, 0.4) is 0 Å². The van der Waals surface area contributed by atoms with Crippen LogP contribution in [0.4, 0.5) is 5.69 Å². The van der Waals surface area contributed by atoms with Crippen LogP contribution < -0.4 is 11.1 Å². The number of nitrogens with one attached hydrogen (secondary N) is 1. The van der Waals surface area contributed by atoms with E-state index in [-0.39, 0.29) is 17.9 Å². The third kappa shape index (κ3) is 4.53. The molecule has 0 spiro atoms. The van der Waals surface area contributed by atoms with Crippen LogP contribution in [0, 0.1) is 5.92 Å². The van der Waals surface area contributed by atoms with Gasteiger partial charge in [-0.15, -0.1) is 0 Å². The van der Waals surface area contributed by atoms with Crippen molar-refractivity contribution in [1.82, 2.24) is 0 Å². The van der Waals surface area contributed by atoms with Gasteiger partial charge in [-0.2, -0.15) is 11.8 Å². The molecule has 110 valence electrons. The Labute approximate surface area is 125 Å². The highest BCUT2D eigenvalue weighted by atomic mass is 32.2. The SMILES string of the molecule is CSCCc1ccc(NC(=O)C2CCCC(N)C2)cc1. The van der Waals surface area contributed by atoms with E-state index in [1.54, 1.807) is 0 Å². The summed E-state index contributed by atoms with van der Waals surface area (Å²) in [5.74, 6) is 1.33. The first-order valence-electron chi connectivity index (χ1n) is 7.33. The molecule has 1 saturated carbocycles. The van der Waals surface area contributed by atoms with Gasteiger partial charge in [-0.05, 0) is 55.4 Å². The summed E-state index contributed by atoms with van der Waals surface area (Å²) in [6.45, 7) is 0. The van der Waals surface area contributed by atoms with E-state index in [9.17, 15) is 4.79 Å². The molecular formula is C16H24N2OS. The zero-order valence-corrected chi connectivity index (χ0v) is 12.9. The van der Waals surface area contributed by atoms with Crippen LogP contribution in [0.1, 0.15) is 31.2 Å². The number of thioether (sulfide) groups is 1. The lowest BCUT2D eigenvalue weighted by atomic mass is 9.85. The molecule has 2 atom stereocenters. The number of carbonyl (C=O) groups is 1. The van der Waals surface area contributed by atoms with Gasteiger partial charge in [0.2, 0.25) is 5.91 Å². The molecule has 20 heavy (non-hydrogen) atoms. The van der Waals surface area contributed by atoms with E-state index in [4.69, 9.17) is 5.73 Å². The van der Waals surface area contributed by atoms with E-state index in [2.05, 4.69) is 23.7 Å². The quantitative estimate of drug-likeness (QED) is 0.877. The number of rotatable bonds is 5. The number of anilines is 1. The fourth-order valence-electron chi connectivity index (χ4n) is 2.68. The predicted octanol–water partition coefficient (Wildman–Crippen LogP) is 3.05. The molecule has 3 nitrogen and oxygen atoms in total. The Morgan fingerprint density at radius 2 is 2.10 bits per heavy atom. The van der Waals surface area contributed by atoms with Gasteiger partial charge in [0.1, 0.15) is 0 Å². The Balaban J connectivity index is 1.87. The van der Waals surface area contributed by atoms with Crippen molar-refractivity contribution < 1.29 is 4.79 Å². The second-order valence-electron chi connectivity index (χ2n) is 5.55. The molecule has 1 amide bonds. The molecule has 0 heterocycles. The monoisotopic (exact) mass is 292 g/mol. The number of hydrogen-bond donors (Lipinski definition) is 2. The smallest absolute Gasteiger partial charge is 0.227 e. The minimum Gasteiger partial charge on any atom is -0.328 e. The van der Waals surface area contributed by atoms with Crippen molar-refractivity contribution in [3.05, 3.63) is 29.8 Å². The normalized spacial score (nSPS) is 22.5. The molecule has 0 bridgehead atoms. The highest BCUT2D eigenvalue weighted by Crippen LogP contribution is 2.24. The van der Waals surface area contributed by atoms with Crippen molar-refractivity contribution in [2.24, 2.45) is 11.7 Å². The van der Waals surface area contributed by atoms with Gasteiger partial charge in [0.25, 0.3) is 0 Å². The third-order valence-corrected chi connectivity index (χ3v) is 4.51. The summed E-state index contributed by atoms with van der Waals surface area (Å²) in [7, 11) is 0. The Bertz CT molecular complexity index is 433. The van der Waals surface area contributed by atoms with Crippen molar-refractivity contribution in [3.63, 3.8) is 0 Å². The Hall–Kier alpha value is -1.00. The maximum Gasteiger partial charge on any atom is 0.227 e. The van der Waals surface area contributed by atoms with E-state index in [0.29, 0.717) is 0 Å². The average Bonchev–Trinajstić information content (AvgIpc) is 2.46. The molecular weight excluding hydrogens is 268 g/mol. The van der Waals surface area contributed by atoms with Gasteiger partial charge in [-0.3, -0.25) is 4.79 Å². The molecule has 1 aromatic carbocycles. The van der Waals surface area contributed by atoms with Gasteiger partial charge in [0, 0.05) is 17.6 Å². The topological polar surface area (TPSA) is 55.1 Å². The third-order valence-electron chi connectivity index (χ3n) is 3.90. The molecule has 0 aliphatic heterocycles. The first-order valence-corrected chi connectivity index (χ1v) is 8.72. The first-order chi connectivity index (χ1) is 9.69. The number of carbonyl (C=O) groups excluding carboxylic acids is 1. The molecule has 3 N–H and O–H groups in total. The largest absolute Gasteiger partial charge is 0.328 e. The minimum absolute atomic E-state index is 0.0786. The van der Waals surface area contributed by atoms with Crippen LogP contribution in [0.15, 0.2) is 24.3 Å². The van der Waals surface area contributed by atoms with E-state index in [0.717, 1.165) is 43.5 Å². The molecule has 0 radical (unpaired) electrons. The second kappa shape index (κ2) is 7.70. The standard InChI is InChI=1S/C16H24N2OS/c1-20-10-9-12-5-7-15(8-6-12)18-16(19)13-3-2-4-14(17)11-13/h5-8,13-14H,2-4,9-11,17H2,1H3,(H,18,19). The molecule has 0 aromatic heterocycles. The summed E-state index contributed by atoms with van der Waals surface area (Å²) >= 11 is 1.85. The van der Waals surface area contributed by atoms with Crippen molar-refractivity contribution in [1.29, 1.82) is 0 Å². The summed E-state index contributed by atoms with van der Waals surface area (Å²) < 4.78 is 0. The van der Waals surface area contributed by atoms with Crippen LogP contribution in [0.25, 0.3) is 0 Å². The zero-order valence-electron chi connectivity index (χ0n) is 12.1. The molecule has 1 fully saturated rings. The van der Waals surface area contributed by atoms with Gasteiger partial charge in [-0.1, -0.05) is 18.6 Å². The van der Waals surface area contributed by atoms with E-state index in [1.807, 2.05) is 23.9 Å². The molecule has 1 aliphatic carbocycles. The summed E-state index contributed by atoms with van der Waals surface area (Å²) in [5.41, 5.74) is 8.15. The molecule has 1 aliphatic rings. The molecule has 2 rings (SSSR count). The van der Waals surface area contributed by atoms with Crippen LogP contribution in [-0.2, 0) is 11.2 Å². The molecule has 1 aromatic rings. The Morgan fingerprint density at radius 1 is 1.35 bits per heavy atom. The van der Waals surface area contributed by atoms with Crippen molar-refractivity contribution in [2.45, 2.75) is 38.1 Å². The predicted molar refractivity (Wildman–Crippen MR) is 87.1 cm³/mol. The second-order valence-corrected chi connectivity index (χ2v) is 6.54. The average molecular weight is 292 g/mol. The van der Waals surface area contributed by atoms with E-state index >= 15 is 0 Å². The number of hydrogen-bond acceptors (Lipinski definition) is 3. The highest BCUT2D eigenvalue weighted by molar-refractivity contribution is 7.98. The number of nitrogens with two attached hydrogens (primary N) is 1. The van der Waals surface area contributed by atoms with Gasteiger partial charge in [0.05, 0.1) is 0 Å². The minimum atomic E-state index is 0.0786. The van der Waals surface area contributed by atoms with Crippen LogP contribution >= 0.6 is 11.8 Å².